The molecule has 1 aromatic rings. The summed E-state index contributed by atoms with van der Waals surface area (Å²) in [5.41, 5.74) is 2.77. The molecule has 3 nitrogen and oxygen atoms in total. The second kappa shape index (κ2) is 6.99. The summed E-state index contributed by atoms with van der Waals surface area (Å²) in [4.78, 5) is 12.2. The van der Waals surface area contributed by atoms with E-state index in [1.165, 1.54) is 36.8 Å². The van der Waals surface area contributed by atoms with E-state index in [4.69, 9.17) is 4.74 Å². The van der Waals surface area contributed by atoms with Crippen LogP contribution in [0.3, 0.4) is 0 Å². The van der Waals surface area contributed by atoms with Crippen LogP contribution in [0.2, 0.25) is 0 Å². The summed E-state index contributed by atoms with van der Waals surface area (Å²) in [6.07, 6.45) is 9.40. The van der Waals surface area contributed by atoms with Crippen LogP contribution in [-0.2, 0) is 4.79 Å². The first kappa shape index (κ1) is 15.1. The first-order chi connectivity index (χ1) is 10.8. The van der Waals surface area contributed by atoms with Crippen LogP contribution in [0.1, 0.15) is 50.0 Å². The van der Waals surface area contributed by atoms with Gasteiger partial charge in [0.1, 0.15) is 5.75 Å². The SMILES string of the molecule is COc1ccc(C2CC2C(=O)NCCC2=CCCCC2)cc1. The molecule has 0 spiro atoms. The monoisotopic (exact) mass is 299 g/mol. The molecular weight excluding hydrogens is 274 g/mol. The topological polar surface area (TPSA) is 38.3 Å². The molecule has 0 aromatic heterocycles. The van der Waals surface area contributed by atoms with E-state index in [1.807, 2.05) is 12.1 Å². The average Bonchev–Trinajstić information content (AvgIpc) is 3.37. The second-order valence-corrected chi connectivity index (χ2v) is 6.37. The zero-order valence-electron chi connectivity index (χ0n) is 13.3. The summed E-state index contributed by atoms with van der Waals surface area (Å²) in [5, 5.41) is 3.11. The lowest BCUT2D eigenvalue weighted by molar-refractivity contribution is -0.122. The van der Waals surface area contributed by atoms with Crippen molar-refractivity contribution in [2.45, 2.75) is 44.4 Å². The van der Waals surface area contributed by atoms with Crippen molar-refractivity contribution in [3.8, 4) is 5.75 Å². The fraction of sp³-hybridized carbons (Fsp3) is 0.526. The van der Waals surface area contributed by atoms with Gasteiger partial charge >= 0.3 is 0 Å². The molecule has 3 heteroatoms. The Bertz CT molecular complexity index is 547. The lowest BCUT2D eigenvalue weighted by atomic mass is 9.97. The van der Waals surface area contributed by atoms with Gasteiger partial charge in [0.25, 0.3) is 0 Å². The highest BCUT2D eigenvalue weighted by molar-refractivity contribution is 5.82. The van der Waals surface area contributed by atoms with E-state index < -0.39 is 0 Å². The first-order valence-electron chi connectivity index (χ1n) is 8.37. The predicted molar refractivity (Wildman–Crippen MR) is 88.0 cm³/mol. The number of allylic oxidation sites excluding steroid dienone is 1. The summed E-state index contributed by atoms with van der Waals surface area (Å²) >= 11 is 0. The Kier molecular flexibility index (Phi) is 4.81. The molecule has 22 heavy (non-hydrogen) atoms. The van der Waals surface area contributed by atoms with E-state index in [9.17, 15) is 4.79 Å². The standard InChI is InChI=1S/C19H25NO2/c1-22-16-9-7-15(8-10-16)17-13-18(17)19(21)20-12-11-14-5-3-2-4-6-14/h5,7-10,17-18H,2-4,6,11-13H2,1H3,(H,20,21). The fourth-order valence-corrected chi connectivity index (χ4v) is 3.31. The number of hydrogen-bond acceptors (Lipinski definition) is 2. The molecule has 0 saturated heterocycles. The maximum Gasteiger partial charge on any atom is 0.223 e. The van der Waals surface area contributed by atoms with Crippen molar-refractivity contribution in [1.29, 1.82) is 0 Å². The smallest absolute Gasteiger partial charge is 0.223 e. The summed E-state index contributed by atoms with van der Waals surface area (Å²) in [7, 11) is 1.67. The summed E-state index contributed by atoms with van der Waals surface area (Å²) in [5.74, 6) is 1.64. The highest BCUT2D eigenvalue weighted by atomic mass is 16.5. The Morgan fingerprint density at radius 1 is 1.27 bits per heavy atom. The molecule has 3 rings (SSSR count). The summed E-state index contributed by atoms with van der Waals surface area (Å²) in [6, 6.07) is 8.09. The number of amides is 1. The number of carbonyl (C=O) groups is 1. The number of methoxy groups -OCH3 is 1. The Morgan fingerprint density at radius 3 is 2.77 bits per heavy atom. The minimum Gasteiger partial charge on any atom is -0.497 e. The van der Waals surface area contributed by atoms with Gasteiger partial charge in [-0.2, -0.15) is 0 Å². The maximum atomic E-state index is 12.2. The van der Waals surface area contributed by atoms with Crippen molar-refractivity contribution in [3.63, 3.8) is 0 Å². The molecule has 0 heterocycles. The summed E-state index contributed by atoms with van der Waals surface area (Å²) in [6.45, 7) is 0.788. The van der Waals surface area contributed by atoms with Gasteiger partial charge in [-0.25, -0.2) is 0 Å². The maximum absolute atomic E-state index is 12.2. The van der Waals surface area contributed by atoms with Crippen LogP contribution in [0.15, 0.2) is 35.9 Å². The van der Waals surface area contributed by atoms with Crippen LogP contribution in [0.25, 0.3) is 0 Å². The normalized spacial score (nSPS) is 23.6. The number of nitrogens with one attached hydrogen (secondary N) is 1. The van der Waals surface area contributed by atoms with Gasteiger partial charge < -0.3 is 10.1 Å². The molecule has 1 N–H and O–H groups in total. The molecule has 1 aromatic carbocycles. The number of rotatable bonds is 6. The van der Waals surface area contributed by atoms with E-state index >= 15 is 0 Å². The molecule has 0 aliphatic heterocycles. The van der Waals surface area contributed by atoms with E-state index in [0.717, 1.165) is 25.1 Å². The van der Waals surface area contributed by atoms with Gasteiger partial charge in [-0.3, -0.25) is 4.79 Å². The van der Waals surface area contributed by atoms with Gasteiger partial charge in [-0.15, -0.1) is 0 Å². The molecular formula is C19H25NO2. The van der Waals surface area contributed by atoms with Crippen molar-refractivity contribution in [3.05, 3.63) is 41.5 Å². The van der Waals surface area contributed by atoms with Crippen LogP contribution in [-0.4, -0.2) is 19.6 Å². The Labute approximate surface area is 132 Å². The van der Waals surface area contributed by atoms with Crippen LogP contribution >= 0.6 is 0 Å². The largest absolute Gasteiger partial charge is 0.497 e. The lowest BCUT2D eigenvalue weighted by Crippen LogP contribution is -2.26. The quantitative estimate of drug-likeness (QED) is 0.811. The lowest BCUT2D eigenvalue weighted by Gasteiger charge is -2.13. The van der Waals surface area contributed by atoms with Crippen LogP contribution in [0.4, 0.5) is 0 Å². The van der Waals surface area contributed by atoms with E-state index in [0.29, 0.717) is 5.92 Å². The third-order valence-corrected chi connectivity index (χ3v) is 4.80. The van der Waals surface area contributed by atoms with Gasteiger partial charge in [0.15, 0.2) is 0 Å². The van der Waals surface area contributed by atoms with Crippen LogP contribution in [0.5, 0.6) is 5.75 Å². The minimum absolute atomic E-state index is 0.161. The first-order valence-corrected chi connectivity index (χ1v) is 8.37. The van der Waals surface area contributed by atoms with Crippen molar-refractivity contribution in [2.24, 2.45) is 5.92 Å². The second-order valence-electron chi connectivity index (χ2n) is 6.37. The molecule has 2 atom stereocenters. The molecule has 0 radical (unpaired) electrons. The minimum atomic E-state index is 0.161. The highest BCUT2D eigenvalue weighted by Crippen LogP contribution is 2.47. The molecule has 2 aliphatic rings. The van der Waals surface area contributed by atoms with Gasteiger partial charge in [0.2, 0.25) is 5.91 Å². The van der Waals surface area contributed by atoms with Crippen molar-refractivity contribution in [2.75, 3.05) is 13.7 Å². The molecule has 1 saturated carbocycles. The van der Waals surface area contributed by atoms with Crippen LogP contribution in [0, 0.1) is 5.92 Å². The fourth-order valence-electron chi connectivity index (χ4n) is 3.31. The van der Waals surface area contributed by atoms with Crippen molar-refractivity contribution < 1.29 is 9.53 Å². The molecule has 118 valence electrons. The number of hydrogen-bond donors (Lipinski definition) is 1. The number of carbonyl (C=O) groups excluding carboxylic acids is 1. The van der Waals surface area contributed by atoms with Gasteiger partial charge in [0.05, 0.1) is 7.11 Å². The Balaban J connectivity index is 1.43. The third-order valence-electron chi connectivity index (χ3n) is 4.80. The summed E-state index contributed by atoms with van der Waals surface area (Å²) < 4.78 is 5.17. The van der Waals surface area contributed by atoms with E-state index in [-0.39, 0.29) is 11.8 Å². The third kappa shape index (κ3) is 3.70. The van der Waals surface area contributed by atoms with E-state index in [2.05, 4.69) is 23.5 Å². The number of ether oxygens (including phenoxy) is 1. The molecule has 2 unspecified atom stereocenters. The average molecular weight is 299 g/mol. The van der Waals surface area contributed by atoms with E-state index in [1.54, 1.807) is 7.11 Å². The number of benzene rings is 1. The van der Waals surface area contributed by atoms with Crippen LogP contribution < -0.4 is 10.1 Å². The zero-order chi connectivity index (χ0) is 15.4. The van der Waals surface area contributed by atoms with Crippen molar-refractivity contribution in [1.82, 2.24) is 5.32 Å². The van der Waals surface area contributed by atoms with Gasteiger partial charge in [-0.1, -0.05) is 23.8 Å². The molecule has 2 aliphatic carbocycles. The molecule has 1 amide bonds. The Hall–Kier alpha value is -1.77. The van der Waals surface area contributed by atoms with Crippen molar-refractivity contribution >= 4 is 5.91 Å². The van der Waals surface area contributed by atoms with Gasteiger partial charge in [-0.05, 0) is 62.1 Å². The highest BCUT2D eigenvalue weighted by Gasteiger charge is 2.43. The zero-order valence-corrected chi connectivity index (χ0v) is 13.3. The molecule has 1 fully saturated rings. The predicted octanol–water partition coefficient (Wildman–Crippen LogP) is 3.81. The molecule has 0 bridgehead atoms. The Morgan fingerprint density at radius 2 is 2.09 bits per heavy atom. The van der Waals surface area contributed by atoms with Gasteiger partial charge in [0, 0.05) is 12.5 Å².